The number of hydrogen-bond donors (Lipinski definition) is 1. The van der Waals surface area contributed by atoms with Gasteiger partial charge in [-0.2, -0.15) is 0 Å². The van der Waals surface area contributed by atoms with E-state index < -0.39 is 11.4 Å². The van der Waals surface area contributed by atoms with E-state index in [1.807, 2.05) is 0 Å². The van der Waals surface area contributed by atoms with Crippen LogP contribution in [0.5, 0.6) is 0 Å². The zero-order valence-electron chi connectivity index (χ0n) is 2.08. The van der Waals surface area contributed by atoms with Crippen molar-refractivity contribution in [3.05, 3.63) is 0 Å². The molecule has 0 saturated heterocycles. The highest BCUT2D eigenvalue weighted by molar-refractivity contribution is 7.73. The molecule has 0 fully saturated rings. The van der Waals surface area contributed by atoms with Crippen LogP contribution in [0.15, 0.2) is 0 Å². The molecule has 5 heavy (non-hydrogen) atoms. The SMILES string of the molecule is F.O=S([O-])O. The molecule has 1 atom stereocenters. The lowest BCUT2D eigenvalue weighted by molar-refractivity contribution is 0.436. The predicted octanol–water partition coefficient (Wildman–Crippen LogP) is -0.509. The molecule has 3 nitrogen and oxygen atoms in total. The maximum atomic E-state index is 8.56. The first-order chi connectivity index (χ1) is 1.73. The van der Waals surface area contributed by atoms with E-state index in [9.17, 15) is 0 Å². The summed E-state index contributed by atoms with van der Waals surface area (Å²) < 4.78 is 24.1. The molecule has 5 heteroatoms. The van der Waals surface area contributed by atoms with Crippen molar-refractivity contribution in [3.8, 4) is 0 Å². The highest BCUT2D eigenvalue weighted by Gasteiger charge is 1.42. The summed E-state index contributed by atoms with van der Waals surface area (Å²) in [6.45, 7) is 0. The van der Waals surface area contributed by atoms with Gasteiger partial charge in [0.2, 0.25) is 0 Å². The first kappa shape index (κ1) is 8.89. The molecule has 0 bridgehead atoms. The molecular weight excluding hydrogens is 99.1 g/mol. The summed E-state index contributed by atoms with van der Waals surface area (Å²) in [6, 6.07) is 0. The number of halogens is 1. The Labute approximate surface area is 30.5 Å². The number of rotatable bonds is 0. The van der Waals surface area contributed by atoms with Crippen LogP contribution in [0.4, 0.5) is 4.70 Å². The van der Waals surface area contributed by atoms with Crippen LogP contribution in [0.2, 0.25) is 0 Å². The van der Waals surface area contributed by atoms with Gasteiger partial charge in [0.1, 0.15) is 0 Å². The zero-order chi connectivity index (χ0) is 3.58. The van der Waals surface area contributed by atoms with E-state index in [-0.39, 0.29) is 4.70 Å². The van der Waals surface area contributed by atoms with Crippen LogP contribution in [0, 0.1) is 0 Å². The Morgan fingerprint density at radius 3 is 1.80 bits per heavy atom. The summed E-state index contributed by atoms with van der Waals surface area (Å²) >= 11 is -2.86. The van der Waals surface area contributed by atoms with Gasteiger partial charge in [0.05, 0.1) is 11.4 Å². The molecule has 0 aliphatic carbocycles. The third-order valence-corrected chi connectivity index (χ3v) is 0. The molecule has 0 rings (SSSR count). The molecule has 0 amide bonds. The molecular formula is H2FO3S-. The second kappa shape index (κ2) is 4.00. The summed E-state index contributed by atoms with van der Waals surface area (Å²) in [7, 11) is 0. The topological polar surface area (TPSA) is 60.4 Å². The van der Waals surface area contributed by atoms with E-state index in [4.69, 9.17) is 13.3 Å². The van der Waals surface area contributed by atoms with Crippen molar-refractivity contribution in [2.24, 2.45) is 0 Å². The molecule has 0 spiro atoms. The summed E-state index contributed by atoms with van der Waals surface area (Å²) in [4.78, 5) is 0. The lowest BCUT2D eigenvalue weighted by Gasteiger charge is -1.83. The Morgan fingerprint density at radius 2 is 1.80 bits per heavy atom. The van der Waals surface area contributed by atoms with Crippen molar-refractivity contribution in [1.82, 2.24) is 0 Å². The monoisotopic (exact) mass is 101 g/mol. The van der Waals surface area contributed by atoms with Crippen molar-refractivity contribution in [2.45, 2.75) is 0 Å². The van der Waals surface area contributed by atoms with Crippen LogP contribution in [0.1, 0.15) is 0 Å². The van der Waals surface area contributed by atoms with Crippen molar-refractivity contribution in [3.63, 3.8) is 0 Å². The predicted molar refractivity (Wildman–Crippen MR) is 14.1 cm³/mol. The van der Waals surface area contributed by atoms with Gasteiger partial charge in [-0.25, -0.2) is 4.21 Å². The first-order valence-corrected chi connectivity index (χ1v) is 1.55. The fourth-order valence-corrected chi connectivity index (χ4v) is 0. The van der Waals surface area contributed by atoms with E-state index in [0.717, 1.165) is 0 Å². The van der Waals surface area contributed by atoms with E-state index in [1.54, 1.807) is 0 Å². The van der Waals surface area contributed by atoms with E-state index >= 15 is 0 Å². The van der Waals surface area contributed by atoms with Crippen molar-refractivity contribution < 1.29 is 18.0 Å². The maximum absolute atomic E-state index is 8.56. The number of hydrogen-bond acceptors (Lipinski definition) is 2. The summed E-state index contributed by atoms with van der Waals surface area (Å²) in [5.41, 5.74) is 0. The molecule has 0 aromatic carbocycles. The van der Waals surface area contributed by atoms with Gasteiger partial charge in [0.25, 0.3) is 0 Å². The normalized spacial score (nSPS) is 12.4. The molecule has 0 aromatic heterocycles. The molecule has 0 saturated carbocycles. The fraction of sp³-hybridized carbons (Fsp3) is 0. The largest absolute Gasteiger partial charge is 0.750 e. The van der Waals surface area contributed by atoms with E-state index in [2.05, 4.69) is 0 Å². The van der Waals surface area contributed by atoms with Gasteiger partial charge < -0.3 is 9.11 Å². The molecule has 1 N–H and O–H groups in total. The van der Waals surface area contributed by atoms with Crippen molar-refractivity contribution >= 4 is 11.4 Å². The first-order valence-electron chi connectivity index (χ1n) is 0.516. The Balaban J connectivity index is 0. The summed E-state index contributed by atoms with van der Waals surface area (Å²) in [6.07, 6.45) is 0. The second-order valence-electron chi connectivity index (χ2n) is 0.217. The third kappa shape index (κ3) is 9230000000000000298939827712163840. The van der Waals surface area contributed by atoms with Crippen molar-refractivity contribution in [2.75, 3.05) is 0 Å². The smallest absolute Gasteiger partial charge is 0.0814 e. The van der Waals surface area contributed by atoms with Crippen LogP contribution < -0.4 is 0 Å². The second-order valence-corrected chi connectivity index (χ2v) is 0.651. The van der Waals surface area contributed by atoms with Crippen LogP contribution >= 0.6 is 0 Å². The standard InChI is InChI=1S/FH.H2O3S/c;1-4(2)3/h1H;(H2,1,2,3)/p-1. The molecule has 0 aliphatic rings. The third-order valence-electron chi connectivity index (χ3n) is 0. The quantitative estimate of drug-likeness (QED) is 0.418. The highest BCUT2D eigenvalue weighted by Crippen LogP contribution is 1.43. The average Bonchev–Trinajstić information content (AvgIpc) is 0.811. The van der Waals surface area contributed by atoms with Crippen molar-refractivity contribution in [1.29, 1.82) is 0 Å². The van der Waals surface area contributed by atoms with Crippen LogP contribution in [-0.4, -0.2) is 13.3 Å². The average molecular weight is 101 g/mol. The van der Waals surface area contributed by atoms with Gasteiger partial charge in [0, 0.05) is 0 Å². The Kier molecular flexibility index (Phi) is 7.11. The Morgan fingerprint density at radius 1 is 1.80 bits per heavy atom. The molecule has 0 heterocycles. The van der Waals surface area contributed by atoms with Crippen LogP contribution in [0.25, 0.3) is 0 Å². The molecule has 34 valence electrons. The zero-order valence-corrected chi connectivity index (χ0v) is 2.90. The van der Waals surface area contributed by atoms with Gasteiger partial charge in [-0.3, -0.25) is 4.70 Å². The summed E-state index contributed by atoms with van der Waals surface area (Å²) in [5.74, 6) is 0. The van der Waals surface area contributed by atoms with E-state index in [0.29, 0.717) is 0 Å². The van der Waals surface area contributed by atoms with Gasteiger partial charge in [0.15, 0.2) is 0 Å². The van der Waals surface area contributed by atoms with Gasteiger partial charge >= 0.3 is 0 Å². The van der Waals surface area contributed by atoms with Crippen LogP contribution in [0.3, 0.4) is 0 Å². The van der Waals surface area contributed by atoms with Crippen LogP contribution in [-0.2, 0) is 11.4 Å². The summed E-state index contributed by atoms with van der Waals surface area (Å²) in [5, 5.41) is 0. The van der Waals surface area contributed by atoms with Gasteiger partial charge in [-0.05, 0) is 0 Å². The molecule has 0 aromatic rings. The minimum Gasteiger partial charge on any atom is -0.750 e. The van der Waals surface area contributed by atoms with Gasteiger partial charge in [-0.1, -0.05) is 0 Å². The molecule has 1 unspecified atom stereocenters. The Bertz CT molecular complexity index is 29.9. The maximum Gasteiger partial charge on any atom is 0.0814 e. The lowest BCUT2D eigenvalue weighted by Crippen LogP contribution is -1.75. The fourth-order valence-electron chi connectivity index (χ4n) is 0. The van der Waals surface area contributed by atoms with E-state index in [1.165, 1.54) is 0 Å². The Hall–Kier alpha value is -0.0000000000000000416. The molecule has 0 aliphatic heterocycles. The van der Waals surface area contributed by atoms with Gasteiger partial charge in [-0.15, -0.1) is 0 Å². The highest BCUT2D eigenvalue weighted by atomic mass is 32.2. The molecule has 0 radical (unpaired) electrons. The lowest BCUT2D eigenvalue weighted by atomic mass is 15.8. The minimum absolute atomic E-state index is 0. The minimum atomic E-state index is -2.86.